The highest BCUT2D eigenvalue weighted by molar-refractivity contribution is 6.03. The normalized spacial score (nSPS) is 18.5. The number of H-pyrrole nitrogens is 1. The number of amides is 2. The van der Waals surface area contributed by atoms with Crippen LogP contribution in [0.5, 0.6) is 11.5 Å². The topological polar surface area (TPSA) is 116 Å². The average Bonchev–Trinajstić information content (AvgIpc) is 3.21. The van der Waals surface area contributed by atoms with Gasteiger partial charge in [-0.25, -0.2) is 9.37 Å². The summed E-state index contributed by atoms with van der Waals surface area (Å²) < 4.78 is 20.2. The van der Waals surface area contributed by atoms with Crippen LogP contribution >= 0.6 is 0 Å². The van der Waals surface area contributed by atoms with Gasteiger partial charge in [0.2, 0.25) is 11.8 Å². The molecule has 1 saturated carbocycles. The number of hydrogen-bond acceptors (Lipinski definition) is 5. The van der Waals surface area contributed by atoms with E-state index in [2.05, 4.69) is 20.6 Å². The highest BCUT2D eigenvalue weighted by atomic mass is 19.1. The van der Waals surface area contributed by atoms with Crippen LogP contribution < -0.4 is 15.4 Å². The van der Waals surface area contributed by atoms with Gasteiger partial charge in [-0.3, -0.25) is 9.59 Å². The zero-order chi connectivity index (χ0) is 21.8. The fourth-order valence-electron chi connectivity index (χ4n) is 3.69. The summed E-state index contributed by atoms with van der Waals surface area (Å²) in [7, 11) is 0. The number of aliphatic hydroxyl groups excluding tert-OH is 1. The molecule has 0 bridgehead atoms. The lowest BCUT2D eigenvalue weighted by molar-refractivity contribution is -0.128. The number of nitrogens with one attached hydrogen (secondary N) is 3. The van der Waals surface area contributed by atoms with E-state index < -0.39 is 30.2 Å². The second-order valence-electron chi connectivity index (χ2n) is 7.55. The minimum absolute atomic E-state index is 0.00396. The van der Waals surface area contributed by atoms with E-state index in [1.165, 1.54) is 12.1 Å². The Balaban J connectivity index is 1.35. The Hall–Kier alpha value is -3.46. The number of benzene rings is 1. The van der Waals surface area contributed by atoms with Crippen molar-refractivity contribution in [1.82, 2.24) is 15.3 Å². The molecular weight excluding hydrogens is 403 g/mol. The number of anilines is 1. The first-order valence-corrected chi connectivity index (χ1v) is 10.2. The van der Waals surface area contributed by atoms with Gasteiger partial charge in [0, 0.05) is 24.1 Å². The molecule has 162 valence electrons. The van der Waals surface area contributed by atoms with Crippen molar-refractivity contribution in [2.45, 2.75) is 44.2 Å². The molecule has 1 aromatic carbocycles. The van der Waals surface area contributed by atoms with E-state index in [1.807, 2.05) is 0 Å². The maximum Gasteiger partial charge on any atom is 0.233 e. The number of halogens is 1. The lowest BCUT2D eigenvalue weighted by Gasteiger charge is -2.28. The lowest BCUT2D eigenvalue weighted by Crippen LogP contribution is -2.45. The quantitative estimate of drug-likeness (QED) is 0.452. The Morgan fingerprint density at radius 2 is 2.00 bits per heavy atom. The fourth-order valence-corrected chi connectivity index (χ4v) is 3.69. The number of nitrogens with zero attached hydrogens (tertiary/aromatic N) is 1. The molecule has 4 rings (SSSR count). The van der Waals surface area contributed by atoms with Gasteiger partial charge in [0.05, 0.1) is 17.5 Å². The van der Waals surface area contributed by atoms with Crippen molar-refractivity contribution in [3.8, 4) is 11.5 Å². The van der Waals surface area contributed by atoms with Gasteiger partial charge >= 0.3 is 0 Å². The Labute approximate surface area is 177 Å². The second kappa shape index (κ2) is 9.13. The predicted octanol–water partition coefficient (Wildman–Crippen LogP) is 3.24. The van der Waals surface area contributed by atoms with Crippen molar-refractivity contribution < 1.29 is 23.8 Å². The zero-order valence-electron chi connectivity index (χ0n) is 16.7. The minimum Gasteiger partial charge on any atom is -0.453 e. The van der Waals surface area contributed by atoms with Gasteiger partial charge in [0.1, 0.15) is 17.8 Å². The first-order chi connectivity index (χ1) is 15.0. The molecule has 0 spiro atoms. The molecule has 3 aromatic rings. The summed E-state index contributed by atoms with van der Waals surface area (Å²) in [4.78, 5) is 31.3. The van der Waals surface area contributed by atoms with Crippen LogP contribution in [0.25, 0.3) is 11.0 Å². The number of aromatic amines is 1. The lowest BCUT2D eigenvalue weighted by atomic mass is 9.92. The van der Waals surface area contributed by atoms with Crippen LogP contribution in [0.1, 0.15) is 32.1 Å². The van der Waals surface area contributed by atoms with Gasteiger partial charge in [0.25, 0.3) is 0 Å². The molecule has 9 heteroatoms. The van der Waals surface area contributed by atoms with Gasteiger partial charge in [-0.2, -0.15) is 0 Å². The third-order valence-electron chi connectivity index (χ3n) is 5.25. The van der Waals surface area contributed by atoms with Crippen molar-refractivity contribution in [1.29, 1.82) is 0 Å². The maximum absolute atomic E-state index is 14.5. The molecular formula is C22H23FN4O4. The Morgan fingerprint density at radius 1 is 1.16 bits per heavy atom. The monoisotopic (exact) mass is 426 g/mol. The van der Waals surface area contributed by atoms with E-state index in [1.54, 1.807) is 24.5 Å². The van der Waals surface area contributed by atoms with E-state index in [4.69, 9.17) is 4.74 Å². The number of ether oxygens (including phenoxy) is 1. The number of pyridine rings is 1. The number of rotatable bonds is 6. The number of aliphatic hydroxyl groups is 1. The van der Waals surface area contributed by atoms with E-state index in [9.17, 15) is 19.1 Å². The number of hydrogen-bond donors (Lipinski definition) is 4. The molecule has 31 heavy (non-hydrogen) atoms. The molecule has 1 aliphatic carbocycles. The maximum atomic E-state index is 14.5. The third kappa shape index (κ3) is 5.00. The van der Waals surface area contributed by atoms with E-state index in [0.717, 1.165) is 18.9 Å². The summed E-state index contributed by atoms with van der Waals surface area (Å²) >= 11 is 0. The Bertz CT molecular complexity index is 1100. The summed E-state index contributed by atoms with van der Waals surface area (Å²) in [6.45, 7) is 0. The Morgan fingerprint density at radius 3 is 2.81 bits per heavy atom. The highest BCUT2D eigenvalue weighted by Gasteiger charge is 2.25. The van der Waals surface area contributed by atoms with Gasteiger partial charge in [-0.1, -0.05) is 12.8 Å². The summed E-state index contributed by atoms with van der Waals surface area (Å²) in [6.07, 6.45) is 5.45. The zero-order valence-corrected chi connectivity index (χ0v) is 16.7. The van der Waals surface area contributed by atoms with Gasteiger partial charge in [-0.15, -0.1) is 0 Å². The molecule has 4 N–H and O–H groups in total. The van der Waals surface area contributed by atoms with E-state index in [-0.39, 0.29) is 17.5 Å². The SMILES string of the molecule is O=C(CC(=O)N[C@@H]1CCCC[C@@H]1O)Nc1ccc(Oc2ccnc3[nH]ccc23)c(F)c1. The molecule has 8 nitrogen and oxygen atoms in total. The Kier molecular flexibility index (Phi) is 6.13. The van der Waals surface area contributed by atoms with Gasteiger partial charge < -0.3 is 25.5 Å². The highest BCUT2D eigenvalue weighted by Crippen LogP contribution is 2.31. The molecule has 0 radical (unpaired) electrons. The first-order valence-electron chi connectivity index (χ1n) is 10.2. The van der Waals surface area contributed by atoms with Crippen molar-refractivity contribution in [2.75, 3.05) is 5.32 Å². The van der Waals surface area contributed by atoms with Gasteiger partial charge in [0.15, 0.2) is 11.6 Å². The first kappa shape index (κ1) is 20.8. The van der Waals surface area contributed by atoms with Crippen LogP contribution in [0.3, 0.4) is 0 Å². The molecule has 2 amide bonds. The van der Waals surface area contributed by atoms with Crippen LogP contribution in [-0.4, -0.2) is 39.0 Å². The third-order valence-corrected chi connectivity index (χ3v) is 5.25. The summed E-state index contributed by atoms with van der Waals surface area (Å²) in [5.41, 5.74) is 0.836. The smallest absolute Gasteiger partial charge is 0.233 e. The molecule has 2 heterocycles. The number of carbonyl (C=O) groups excluding carboxylic acids is 2. The number of aromatic nitrogens is 2. The van der Waals surface area contributed by atoms with Crippen LogP contribution in [-0.2, 0) is 9.59 Å². The fraction of sp³-hybridized carbons (Fsp3) is 0.318. The molecule has 2 aromatic heterocycles. The summed E-state index contributed by atoms with van der Waals surface area (Å²) in [5, 5.41) is 15.8. The largest absolute Gasteiger partial charge is 0.453 e. The van der Waals surface area contributed by atoms with Crippen molar-refractivity contribution in [3.63, 3.8) is 0 Å². The summed E-state index contributed by atoms with van der Waals surface area (Å²) in [6, 6.07) is 7.11. The molecule has 2 atom stereocenters. The van der Waals surface area contributed by atoms with E-state index >= 15 is 0 Å². The van der Waals surface area contributed by atoms with Crippen LogP contribution in [0.2, 0.25) is 0 Å². The molecule has 0 saturated heterocycles. The van der Waals surface area contributed by atoms with Crippen molar-refractivity contribution >= 4 is 28.5 Å². The van der Waals surface area contributed by atoms with Crippen molar-refractivity contribution in [3.05, 3.63) is 48.5 Å². The van der Waals surface area contributed by atoms with Crippen molar-refractivity contribution in [2.24, 2.45) is 0 Å². The number of fused-ring (bicyclic) bond motifs is 1. The predicted molar refractivity (Wildman–Crippen MR) is 112 cm³/mol. The van der Waals surface area contributed by atoms with Gasteiger partial charge in [-0.05, 0) is 37.1 Å². The average molecular weight is 426 g/mol. The standard InChI is InChI=1S/C22H23FN4O4/c23-15-11-13(26-20(29)12-21(30)27-16-3-1-2-4-17(16)28)5-6-19(15)31-18-8-10-25-22-14(18)7-9-24-22/h5-11,16-17,28H,1-4,12H2,(H,24,25)(H,26,29)(H,27,30)/t16-,17+/m1/s1. The molecule has 1 aliphatic rings. The van der Waals surface area contributed by atoms with Crippen LogP contribution in [0.15, 0.2) is 42.7 Å². The van der Waals surface area contributed by atoms with Crippen LogP contribution in [0, 0.1) is 5.82 Å². The molecule has 0 unspecified atom stereocenters. The second-order valence-corrected chi connectivity index (χ2v) is 7.55. The van der Waals surface area contributed by atoms with Crippen LogP contribution in [0.4, 0.5) is 10.1 Å². The minimum atomic E-state index is -0.659. The van der Waals surface area contributed by atoms with E-state index in [0.29, 0.717) is 29.6 Å². The number of carbonyl (C=O) groups is 2. The summed E-state index contributed by atoms with van der Waals surface area (Å²) in [5.74, 6) is -1.26. The molecule has 1 fully saturated rings. The molecule has 0 aliphatic heterocycles.